The fraction of sp³-hybridized carbons (Fsp3) is 0.400. The lowest BCUT2D eigenvalue weighted by atomic mass is 9.94. The minimum absolute atomic E-state index is 0.429. The van der Waals surface area contributed by atoms with Crippen LogP contribution in [0.4, 0.5) is 0 Å². The Balaban J connectivity index is 1.11. The number of fused-ring (bicyclic) bond motifs is 2. The fourth-order valence-electron chi connectivity index (χ4n) is 4.47. The van der Waals surface area contributed by atoms with E-state index in [2.05, 4.69) is 44.9 Å². The number of rotatable bonds is 6. The standard InChI is InChI=1S/C25H27N5O2/c26-13-20-7-5-18-3-1-2-17(25(18)30-20)4-6-19-8-9-21(14-27-19)28-15-22-12-23-24(16-29-22)32-11-10-31-23/h1-3,5,7,12,16,19,21,27-28H,4,6,8-11,14-15H2/t19-,21-/m0/s1. The summed E-state index contributed by atoms with van der Waals surface area (Å²) in [6.45, 7) is 2.84. The minimum Gasteiger partial charge on any atom is -0.486 e. The summed E-state index contributed by atoms with van der Waals surface area (Å²) in [6, 6.07) is 15.1. The SMILES string of the molecule is N#Cc1ccc2cccc(CC[C@H]3CC[C@H](NCc4cc5c(cn4)OCCO5)CN3)c2n1. The predicted octanol–water partition coefficient (Wildman–Crippen LogP) is 3.12. The van der Waals surface area contributed by atoms with Gasteiger partial charge in [0, 0.05) is 36.6 Å². The largest absolute Gasteiger partial charge is 0.486 e. The van der Waals surface area contributed by atoms with E-state index < -0.39 is 0 Å². The summed E-state index contributed by atoms with van der Waals surface area (Å²) >= 11 is 0. The van der Waals surface area contributed by atoms with Gasteiger partial charge < -0.3 is 20.1 Å². The van der Waals surface area contributed by atoms with Crippen molar-refractivity contribution in [1.82, 2.24) is 20.6 Å². The van der Waals surface area contributed by atoms with Crippen molar-refractivity contribution in [2.24, 2.45) is 0 Å². The molecule has 2 aromatic heterocycles. The van der Waals surface area contributed by atoms with E-state index in [1.807, 2.05) is 12.1 Å². The van der Waals surface area contributed by atoms with E-state index in [4.69, 9.17) is 9.47 Å². The molecule has 2 aliphatic heterocycles. The maximum atomic E-state index is 9.17. The average Bonchev–Trinajstić information content (AvgIpc) is 2.86. The minimum atomic E-state index is 0.429. The molecule has 32 heavy (non-hydrogen) atoms. The second-order valence-electron chi connectivity index (χ2n) is 8.42. The van der Waals surface area contributed by atoms with Crippen molar-refractivity contribution >= 4 is 10.9 Å². The highest BCUT2D eigenvalue weighted by Crippen LogP contribution is 2.29. The Hall–Kier alpha value is -3.21. The highest BCUT2D eigenvalue weighted by Gasteiger charge is 2.21. The molecule has 3 aromatic rings. The molecule has 0 amide bonds. The van der Waals surface area contributed by atoms with E-state index in [1.54, 1.807) is 12.3 Å². The Bertz CT molecular complexity index is 1130. The Morgan fingerprint density at radius 3 is 2.88 bits per heavy atom. The second-order valence-corrected chi connectivity index (χ2v) is 8.42. The zero-order valence-electron chi connectivity index (χ0n) is 18.0. The molecular formula is C25H27N5O2. The molecule has 164 valence electrons. The summed E-state index contributed by atoms with van der Waals surface area (Å²) in [5.41, 5.74) is 3.61. The first kappa shape index (κ1) is 20.7. The first-order chi connectivity index (χ1) is 15.8. The molecule has 5 rings (SSSR count). The number of hydrogen-bond donors (Lipinski definition) is 2. The van der Waals surface area contributed by atoms with Crippen LogP contribution < -0.4 is 20.1 Å². The molecule has 1 fully saturated rings. The molecule has 0 radical (unpaired) electrons. The molecule has 4 heterocycles. The first-order valence-corrected chi connectivity index (χ1v) is 11.3. The highest BCUT2D eigenvalue weighted by atomic mass is 16.6. The molecule has 1 aromatic carbocycles. The summed E-state index contributed by atoms with van der Waals surface area (Å²) in [4.78, 5) is 9.01. The van der Waals surface area contributed by atoms with Crippen molar-refractivity contribution in [2.45, 2.75) is 44.3 Å². The molecule has 0 unspecified atom stereocenters. The molecule has 7 heteroatoms. The van der Waals surface area contributed by atoms with Crippen LogP contribution in [0.25, 0.3) is 10.9 Å². The lowest BCUT2D eigenvalue weighted by molar-refractivity contribution is 0.170. The highest BCUT2D eigenvalue weighted by molar-refractivity contribution is 5.82. The van der Waals surface area contributed by atoms with E-state index in [1.165, 1.54) is 5.56 Å². The average molecular weight is 430 g/mol. The topological polar surface area (TPSA) is 92.1 Å². The number of nitrogens with one attached hydrogen (secondary N) is 2. The lowest BCUT2D eigenvalue weighted by Gasteiger charge is -2.30. The van der Waals surface area contributed by atoms with E-state index in [0.29, 0.717) is 31.0 Å². The van der Waals surface area contributed by atoms with Crippen LogP contribution >= 0.6 is 0 Å². The van der Waals surface area contributed by atoms with Gasteiger partial charge in [-0.05, 0) is 43.4 Å². The zero-order valence-corrected chi connectivity index (χ0v) is 18.0. The Morgan fingerprint density at radius 2 is 2.03 bits per heavy atom. The summed E-state index contributed by atoms with van der Waals surface area (Å²) < 4.78 is 11.2. The molecule has 0 saturated carbocycles. The van der Waals surface area contributed by atoms with Gasteiger partial charge in [-0.2, -0.15) is 5.26 Å². The van der Waals surface area contributed by atoms with Crippen molar-refractivity contribution in [1.29, 1.82) is 5.26 Å². The van der Waals surface area contributed by atoms with E-state index in [-0.39, 0.29) is 0 Å². The van der Waals surface area contributed by atoms with Crippen molar-refractivity contribution in [3.8, 4) is 17.6 Å². The number of pyridine rings is 2. The van der Waals surface area contributed by atoms with Gasteiger partial charge in [0.2, 0.25) is 0 Å². The number of ether oxygens (including phenoxy) is 2. The van der Waals surface area contributed by atoms with Gasteiger partial charge in [0.05, 0.1) is 17.4 Å². The summed E-state index contributed by atoms with van der Waals surface area (Å²) in [6.07, 6.45) is 6.04. The molecule has 7 nitrogen and oxygen atoms in total. The van der Waals surface area contributed by atoms with Gasteiger partial charge in [-0.15, -0.1) is 0 Å². The monoisotopic (exact) mass is 429 g/mol. The van der Waals surface area contributed by atoms with Crippen LogP contribution in [0.1, 0.15) is 36.2 Å². The number of nitriles is 1. The Labute approximate surface area is 187 Å². The number of aromatic nitrogens is 2. The predicted molar refractivity (Wildman–Crippen MR) is 122 cm³/mol. The second kappa shape index (κ2) is 9.51. The molecule has 1 saturated heterocycles. The molecule has 0 bridgehead atoms. The third kappa shape index (κ3) is 4.67. The smallest absolute Gasteiger partial charge is 0.179 e. The fourth-order valence-corrected chi connectivity index (χ4v) is 4.47. The van der Waals surface area contributed by atoms with Gasteiger partial charge in [-0.1, -0.05) is 18.2 Å². The molecular weight excluding hydrogens is 402 g/mol. The third-order valence-corrected chi connectivity index (χ3v) is 6.26. The first-order valence-electron chi connectivity index (χ1n) is 11.3. The number of aryl methyl sites for hydroxylation is 1. The Morgan fingerprint density at radius 1 is 1.12 bits per heavy atom. The molecule has 2 aliphatic rings. The van der Waals surface area contributed by atoms with Crippen LogP contribution in [0.3, 0.4) is 0 Å². The normalized spacial score (nSPS) is 20.1. The summed E-state index contributed by atoms with van der Waals surface area (Å²) in [7, 11) is 0. The maximum Gasteiger partial charge on any atom is 0.179 e. The molecule has 2 N–H and O–H groups in total. The number of nitrogens with zero attached hydrogens (tertiary/aromatic N) is 3. The number of hydrogen-bond acceptors (Lipinski definition) is 7. The van der Waals surface area contributed by atoms with Gasteiger partial charge in [0.1, 0.15) is 25.0 Å². The summed E-state index contributed by atoms with van der Waals surface area (Å²) in [5.74, 6) is 1.52. The molecule has 2 atom stereocenters. The lowest BCUT2D eigenvalue weighted by Crippen LogP contribution is -2.47. The van der Waals surface area contributed by atoms with Gasteiger partial charge in [-0.25, -0.2) is 4.98 Å². The quantitative estimate of drug-likeness (QED) is 0.622. The van der Waals surface area contributed by atoms with Gasteiger partial charge in [-0.3, -0.25) is 4.98 Å². The van der Waals surface area contributed by atoms with Crippen molar-refractivity contribution in [3.63, 3.8) is 0 Å². The van der Waals surface area contributed by atoms with Crippen LogP contribution in [0, 0.1) is 11.3 Å². The van der Waals surface area contributed by atoms with Crippen molar-refractivity contribution < 1.29 is 9.47 Å². The number of para-hydroxylation sites is 1. The van der Waals surface area contributed by atoms with E-state index in [9.17, 15) is 5.26 Å². The molecule has 0 aliphatic carbocycles. The van der Waals surface area contributed by atoms with E-state index >= 15 is 0 Å². The number of piperidine rings is 1. The van der Waals surface area contributed by atoms with E-state index in [0.717, 1.165) is 66.9 Å². The van der Waals surface area contributed by atoms with Crippen molar-refractivity contribution in [3.05, 3.63) is 59.5 Å². The van der Waals surface area contributed by atoms with Gasteiger partial charge in [0.15, 0.2) is 11.5 Å². The van der Waals surface area contributed by atoms with Crippen LogP contribution in [-0.2, 0) is 13.0 Å². The van der Waals surface area contributed by atoms with Crippen LogP contribution in [0.15, 0.2) is 42.6 Å². The summed E-state index contributed by atoms with van der Waals surface area (Å²) in [5, 5.41) is 17.6. The van der Waals surface area contributed by atoms with Crippen LogP contribution in [0.5, 0.6) is 11.5 Å². The maximum absolute atomic E-state index is 9.17. The number of benzene rings is 1. The van der Waals surface area contributed by atoms with Crippen molar-refractivity contribution in [2.75, 3.05) is 19.8 Å². The third-order valence-electron chi connectivity index (χ3n) is 6.26. The van der Waals surface area contributed by atoms with Gasteiger partial charge in [0.25, 0.3) is 0 Å². The Kier molecular flexibility index (Phi) is 6.15. The van der Waals surface area contributed by atoms with Crippen LogP contribution in [-0.4, -0.2) is 41.8 Å². The van der Waals surface area contributed by atoms with Gasteiger partial charge >= 0.3 is 0 Å². The molecule has 0 spiro atoms. The van der Waals surface area contributed by atoms with Crippen LogP contribution in [0.2, 0.25) is 0 Å². The zero-order chi connectivity index (χ0) is 21.8.